The molecule has 0 aliphatic rings. The van der Waals surface area contributed by atoms with Crippen LogP contribution in [0.2, 0.25) is 0 Å². The Kier molecular flexibility index (Phi) is 28.0. The van der Waals surface area contributed by atoms with Gasteiger partial charge in [-0.15, -0.1) is 0 Å². The minimum absolute atomic E-state index is 0.0105. The number of carbonyl (C=O) groups is 1. The number of amides is 1. The Labute approximate surface area is 272 Å². The number of carbonyl (C=O) groups excluding carboxylic acids is 1. The van der Waals surface area contributed by atoms with Gasteiger partial charge in [0.05, 0.1) is 39.9 Å². The van der Waals surface area contributed by atoms with Crippen molar-refractivity contribution in [1.82, 2.24) is 5.32 Å². The van der Waals surface area contributed by atoms with Crippen molar-refractivity contribution < 1.29 is 32.9 Å². The van der Waals surface area contributed by atoms with E-state index in [0.29, 0.717) is 23.9 Å². The van der Waals surface area contributed by atoms with Crippen molar-refractivity contribution in [3.05, 3.63) is 12.2 Å². The van der Waals surface area contributed by atoms with E-state index >= 15 is 0 Å². The smallest absolute Gasteiger partial charge is 0.268 e. The third-order valence-electron chi connectivity index (χ3n) is 8.00. The lowest BCUT2D eigenvalue weighted by Crippen LogP contribution is -2.46. The molecule has 0 aliphatic carbocycles. The lowest BCUT2D eigenvalue weighted by molar-refractivity contribution is -0.870. The highest BCUT2D eigenvalue weighted by molar-refractivity contribution is 7.45. The Hall–Kier alpha value is -0.760. The number of allylic oxidation sites excluding steroid dienone is 2. The van der Waals surface area contributed by atoms with Gasteiger partial charge in [-0.2, -0.15) is 0 Å². The zero-order chi connectivity index (χ0) is 32.9. The van der Waals surface area contributed by atoms with Gasteiger partial charge in [0.2, 0.25) is 5.91 Å². The summed E-state index contributed by atoms with van der Waals surface area (Å²) in [6, 6.07) is -0.800. The summed E-state index contributed by atoms with van der Waals surface area (Å²) in [6.07, 6.45) is 27.8. The molecule has 0 radical (unpaired) electrons. The fraction of sp³-hybridized carbons (Fsp3) is 0.914. The number of aliphatic hydroxyl groups is 1. The van der Waals surface area contributed by atoms with Crippen LogP contribution in [-0.4, -0.2) is 68.5 Å². The summed E-state index contributed by atoms with van der Waals surface area (Å²) in [5.74, 6) is -0.185. The van der Waals surface area contributed by atoms with Crippen LogP contribution >= 0.6 is 7.82 Å². The maximum Gasteiger partial charge on any atom is 0.268 e. The van der Waals surface area contributed by atoms with Gasteiger partial charge in [0.1, 0.15) is 13.2 Å². The second kappa shape index (κ2) is 28.5. The number of unbranched alkanes of at least 4 members (excludes halogenated alkanes) is 17. The number of hydrogen-bond acceptors (Lipinski definition) is 6. The largest absolute Gasteiger partial charge is 0.756 e. The van der Waals surface area contributed by atoms with Gasteiger partial charge in [0.15, 0.2) is 0 Å². The molecular formula is C35H71N2O6P. The fourth-order valence-electron chi connectivity index (χ4n) is 5.03. The van der Waals surface area contributed by atoms with Gasteiger partial charge in [-0.3, -0.25) is 9.36 Å². The van der Waals surface area contributed by atoms with Crippen molar-refractivity contribution in [2.24, 2.45) is 0 Å². The average molecular weight is 647 g/mol. The highest BCUT2D eigenvalue weighted by Gasteiger charge is 2.24. The van der Waals surface area contributed by atoms with Crippen molar-refractivity contribution in [3.8, 4) is 0 Å². The fourth-order valence-corrected chi connectivity index (χ4v) is 5.75. The topological polar surface area (TPSA) is 108 Å². The van der Waals surface area contributed by atoms with Gasteiger partial charge >= 0.3 is 0 Å². The molecule has 3 atom stereocenters. The number of nitrogens with one attached hydrogen (secondary N) is 1. The van der Waals surface area contributed by atoms with Crippen LogP contribution in [0.3, 0.4) is 0 Å². The highest BCUT2D eigenvalue weighted by atomic mass is 31.2. The molecule has 1 amide bonds. The van der Waals surface area contributed by atoms with Crippen molar-refractivity contribution in [1.29, 1.82) is 0 Å². The van der Waals surface area contributed by atoms with E-state index in [1.54, 1.807) is 0 Å². The third kappa shape index (κ3) is 29.9. The van der Waals surface area contributed by atoms with E-state index in [9.17, 15) is 19.4 Å². The first-order valence-electron chi connectivity index (χ1n) is 18.0. The van der Waals surface area contributed by atoms with Crippen molar-refractivity contribution in [3.63, 3.8) is 0 Å². The monoisotopic (exact) mass is 647 g/mol. The maximum absolute atomic E-state index is 12.7. The van der Waals surface area contributed by atoms with Gasteiger partial charge in [-0.05, 0) is 38.5 Å². The lowest BCUT2D eigenvalue weighted by atomic mass is 10.0. The van der Waals surface area contributed by atoms with Crippen LogP contribution in [0.25, 0.3) is 0 Å². The van der Waals surface area contributed by atoms with Gasteiger partial charge < -0.3 is 28.8 Å². The molecule has 0 fully saturated rings. The van der Waals surface area contributed by atoms with Crippen LogP contribution in [0.5, 0.6) is 0 Å². The van der Waals surface area contributed by atoms with E-state index < -0.39 is 20.0 Å². The summed E-state index contributed by atoms with van der Waals surface area (Å²) in [7, 11) is 1.29. The first-order valence-corrected chi connectivity index (χ1v) is 19.5. The van der Waals surface area contributed by atoms with E-state index in [1.807, 2.05) is 21.1 Å². The molecule has 0 bridgehead atoms. The summed E-state index contributed by atoms with van der Waals surface area (Å²) in [4.78, 5) is 25.1. The molecule has 2 N–H and O–H groups in total. The van der Waals surface area contributed by atoms with Crippen LogP contribution < -0.4 is 10.2 Å². The average Bonchev–Trinajstić information content (AvgIpc) is 2.95. The predicted octanol–water partition coefficient (Wildman–Crippen LogP) is 8.22. The van der Waals surface area contributed by atoms with Crippen LogP contribution in [-0.2, 0) is 18.4 Å². The second-order valence-corrected chi connectivity index (χ2v) is 15.0. The number of likely N-dealkylation sites (N-methyl/N-ethyl adjacent to an activating group) is 1. The van der Waals surface area contributed by atoms with Crippen molar-refractivity contribution >= 4 is 13.7 Å². The molecule has 0 spiro atoms. The van der Waals surface area contributed by atoms with Gasteiger partial charge in [0, 0.05) is 6.42 Å². The van der Waals surface area contributed by atoms with Crippen molar-refractivity contribution in [2.45, 2.75) is 167 Å². The van der Waals surface area contributed by atoms with Crippen LogP contribution in [0.4, 0.5) is 0 Å². The standard InChI is InChI=1S/C35H71N2O6P/c1-6-8-10-12-14-16-17-18-19-21-23-25-27-29-35(39)36-33(32-43-44(40,41)42-31-30-37(3,4)5)34(38)28-26-24-22-20-15-13-11-9-7-2/h18-19,33-34,38H,6-17,20-32H2,1-5H3,(H-,36,39,40,41)/b19-18-. The van der Waals surface area contributed by atoms with E-state index in [1.165, 1.54) is 77.0 Å². The molecule has 0 aliphatic heterocycles. The van der Waals surface area contributed by atoms with Crippen LogP contribution in [0.15, 0.2) is 12.2 Å². The highest BCUT2D eigenvalue weighted by Crippen LogP contribution is 2.38. The van der Waals surface area contributed by atoms with E-state index in [2.05, 4.69) is 31.3 Å². The Morgan fingerprint density at radius 2 is 1.25 bits per heavy atom. The minimum atomic E-state index is -4.55. The maximum atomic E-state index is 12.7. The molecule has 9 heteroatoms. The number of nitrogens with zero attached hydrogens (tertiary/aromatic N) is 1. The summed E-state index contributed by atoms with van der Waals surface area (Å²) >= 11 is 0. The molecule has 3 unspecified atom stereocenters. The van der Waals surface area contributed by atoms with Crippen LogP contribution in [0, 0.1) is 0 Å². The molecule has 0 aromatic heterocycles. The quantitative estimate of drug-likeness (QED) is 0.0330. The number of hydrogen-bond donors (Lipinski definition) is 2. The number of aliphatic hydroxyl groups excluding tert-OH is 1. The van der Waals surface area contributed by atoms with Gasteiger partial charge in [-0.1, -0.05) is 122 Å². The molecule has 44 heavy (non-hydrogen) atoms. The number of rotatable bonds is 32. The SMILES string of the molecule is CCCCCCCC/C=C\CCCCCC(=O)NC(COP(=O)([O-])OCC[N+](C)(C)C)C(O)CCCCCCCCCCC. The molecular weight excluding hydrogens is 575 g/mol. The molecule has 0 saturated heterocycles. The first kappa shape index (κ1) is 43.2. The van der Waals surface area contributed by atoms with Gasteiger partial charge in [0.25, 0.3) is 7.82 Å². The summed E-state index contributed by atoms with van der Waals surface area (Å²) in [6.45, 7) is 4.65. The zero-order valence-corrected chi connectivity index (χ0v) is 30.3. The van der Waals surface area contributed by atoms with E-state index in [0.717, 1.165) is 51.4 Å². The molecule has 262 valence electrons. The molecule has 0 rings (SSSR count). The third-order valence-corrected chi connectivity index (χ3v) is 8.97. The number of phosphoric ester groups is 1. The number of phosphoric acid groups is 1. The van der Waals surface area contributed by atoms with Gasteiger partial charge in [-0.25, -0.2) is 0 Å². The Bertz CT molecular complexity index is 743. The zero-order valence-electron chi connectivity index (χ0n) is 29.4. The molecule has 8 nitrogen and oxygen atoms in total. The van der Waals surface area contributed by atoms with Crippen LogP contribution in [0.1, 0.15) is 155 Å². The Balaban J connectivity index is 4.51. The van der Waals surface area contributed by atoms with E-state index in [4.69, 9.17) is 9.05 Å². The molecule has 0 aromatic rings. The number of quaternary nitrogens is 1. The summed E-state index contributed by atoms with van der Waals surface area (Å²) in [5.41, 5.74) is 0. The second-order valence-electron chi connectivity index (χ2n) is 13.6. The van der Waals surface area contributed by atoms with Crippen molar-refractivity contribution in [2.75, 3.05) is 40.9 Å². The summed E-state index contributed by atoms with van der Waals surface area (Å²) < 4.78 is 23.0. The first-order chi connectivity index (χ1) is 21.0. The predicted molar refractivity (Wildman–Crippen MR) is 182 cm³/mol. The molecule has 0 heterocycles. The summed E-state index contributed by atoms with van der Waals surface area (Å²) in [5, 5.41) is 13.7. The lowest BCUT2D eigenvalue weighted by Gasteiger charge is -2.30. The Morgan fingerprint density at radius 1 is 0.773 bits per heavy atom. The molecule has 0 saturated carbocycles. The minimum Gasteiger partial charge on any atom is -0.756 e. The van der Waals surface area contributed by atoms with E-state index in [-0.39, 0.29) is 19.1 Å². The molecule has 0 aromatic carbocycles. The normalized spacial score (nSPS) is 15.0. The Morgan fingerprint density at radius 3 is 1.77 bits per heavy atom.